The predicted molar refractivity (Wildman–Crippen MR) is 41.3 cm³/mol. The minimum atomic E-state index is -0.315. The van der Waals surface area contributed by atoms with Crippen LogP contribution >= 0.6 is 0 Å². The first-order chi connectivity index (χ1) is 5.74. The van der Waals surface area contributed by atoms with E-state index in [1.807, 2.05) is 12.2 Å². The Morgan fingerprint density at radius 3 is 2.67 bits per heavy atom. The van der Waals surface area contributed by atoms with Gasteiger partial charge in [-0.1, -0.05) is 12.2 Å². The highest BCUT2D eigenvalue weighted by molar-refractivity contribution is 5.75. The van der Waals surface area contributed by atoms with Crippen molar-refractivity contribution in [3.63, 3.8) is 0 Å². The lowest BCUT2D eigenvalue weighted by Crippen LogP contribution is -2.42. The molecule has 0 amide bonds. The Hall–Kier alpha value is -0.870. The fourth-order valence-electron chi connectivity index (χ4n) is 1.77. The molecule has 2 bridgehead atoms. The Labute approximate surface area is 70.3 Å². The minimum absolute atomic E-state index is 0.0981. The maximum absolute atomic E-state index is 11.2. The highest BCUT2D eigenvalue weighted by Gasteiger charge is 2.48. The predicted octanol–water partition coefficient (Wildman–Crippen LogP) is -0.560. The molecule has 0 aliphatic carbocycles. The first kappa shape index (κ1) is 7.76. The van der Waals surface area contributed by atoms with Crippen LogP contribution in [-0.2, 0) is 14.3 Å². The summed E-state index contributed by atoms with van der Waals surface area (Å²) in [5, 5.41) is 0. The second-order valence-electron chi connectivity index (χ2n) is 3.08. The molecule has 0 aromatic heterocycles. The summed E-state index contributed by atoms with van der Waals surface area (Å²) in [7, 11) is 1.37. The molecule has 2 aliphatic heterocycles. The van der Waals surface area contributed by atoms with Crippen molar-refractivity contribution in [3.8, 4) is 0 Å². The van der Waals surface area contributed by atoms with Gasteiger partial charge in [0.15, 0.2) is 0 Å². The van der Waals surface area contributed by atoms with E-state index in [-0.39, 0.29) is 30.1 Å². The molecule has 4 heteroatoms. The average Bonchev–Trinajstić information content (AvgIpc) is 2.63. The van der Waals surface area contributed by atoms with E-state index in [1.54, 1.807) is 0 Å². The average molecular weight is 169 g/mol. The Balaban J connectivity index is 2.18. The maximum atomic E-state index is 11.2. The largest absolute Gasteiger partial charge is 0.469 e. The van der Waals surface area contributed by atoms with Crippen LogP contribution in [0.2, 0.25) is 0 Å². The molecule has 0 radical (unpaired) electrons. The van der Waals surface area contributed by atoms with Crippen molar-refractivity contribution in [2.24, 2.45) is 11.7 Å². The van der Waals surface area contributed by atoms with Gasteiger partial charge in [0.2, 0.25) is 0 Å². The van der Waals surface area contributed by atoms with Gasteiger partial charge in [0.1, 0.15) is 5.92 Å². The second kappa shape index (κ2) is 2.57. The van der Waals surface area contributed by atoms with Gasteiger partial charge in [-0.3, -0.25) is 4.79 Å². The molecule has 0 saturated carbocycles. The molecule has 2 N–H and O–H groups in total. The number of carbonyl (C=O) groups is 1. The van der Waals surface area contributed by atoms with Crippen LogP contribution in [0.15, 0.2) is 12.2 Å². The first-order valence-corrected chi connectivity index (χ1v) is 3.91. The van der Waals surface area contributed by atoms with Gasteiger partial charge < -0.3 is 15.2 Å². The maximum Gasteiger partial charge on any atom is 0.313 e. The monoisotopic (exact) mass is 169 g/mol. The van der Waals surface area contributed by atoms with Crippen molar-refractivity contribution < 1.29 is 14.3 Å². The lowest BCUT2D eigenvalue weighted by Gasteiger charge is -2.18. The molecule has 2 heterocycles. The molecule has 0 aromatic carbocycles. The number of fused-ring (bicyclic) bond motifs is 2. The van der Waals surface area contributed by atoms with Crippen LogP contribution in [0.1, 0.15) is 0 Å². The van der Waals surface area contributed by atoms with E-state index in [0.29, 0.717) is 0 Å². The van der Waals surface area contributed by atoms with Crippen LogP contribution in [-0.4, -0.2) is 31.3 Å². The Morgan fingerprint density at radius 2 is 2.17 bits per heavy atom. The van der Waals surface area contributed by atoms with E-state index >= 15 is 0 Å². The number of hydrogen-bond acceptors (Lipinski definition) is 4. The van der Waals surface area contributed by atoms with Crippen molar-refractivity contribution >= 4 is 5.97 Å². The number of ether oxygens (including phenoxy) is 2. The molecule has 1 fully saturated rings. The van der Waals surface area contributed by atoms with Gasteiger partial charge in [0, 0.05) is 0 Å². The zero-order valence-electron chi connectivity index (χ0n) is 6.77. The van der Waals surface area contributed by atoms with E-state index in [1.165, 1.54) is 7.11 Å². The molecule has 66 valence electrons. The van der Waals surface area contributed by atoms with Gasteiger partial charge in [0.25, 0.3) is 0 Å². The third-order valence-corrected chi connectivity index (χ3v) is 2.43. The van der Waals surface area contributed by atoms with E-state index in [4.69, 9.17) is 10.5 Å². The number of nitrogens with two attached hydrogens (primary N) is 1. The number of rotatable bonds is 1. The Kier molecular flexibility index (Phi) is 1.66. The van der Waals surface area contributed by atoms with Crippen LogP contribution in [0.25, 0.3) is 0 Å². The van der Waals surface area contributed by atoms with Crippen LogP contribution in [0.5, 0.6) is 0 Å². The van der Waals surface area contributed by atoms with Crippen molar-refractivity contribution in [3.05, 3.63) is 12.2 Å². The Bertz CT molecular complexity index is 238. The van der Waals surface area contributed by atoms with Gasteiger partial charge >= 0.3 is 5.97 Å². The number of methoxy groups -OCH3 is 1. The molecule has 2 rings (SSSR count). The molecular weight excluding hydrogens is 158 g/mol. The SMILES string of the molecule is COC(=O)[C@H]1[C@H](N)[C@H]2C=C[C@H]1O2. The molecule has 0 spiro atoms. The van der Waals surface area contributed by atoms with Crippen LogP contribution < -0.4 is 5.73 Å². The normalized spacial score (nSPS) is 43.5. The molecule has 1 saturated heterocycles. The minimum Gasteiger partial charge on any atom is -0.469 e. The second-order valence-corrected chi connectivity index (χ2v) is 3.08. The van der Waals surface area contributed by atoms with E-state index in [0.717, 1.165) is 0 Å². The zero-order valence-corrected chi connectivity index (χ0v) is 6.77. The van der Waals surface area contributed by atoms with Crippen molar-refractivity contribution in [1.82, 2.24) is 0 Å². The van der Waals surface area contributed by atoms with Gasteiger partial charge in [-0.25, -0.2) is 0 Å². The summed E-state index contributed by atoms with van der Waals surface area (Å²) in [6.07, 6.45) is 3.50. The van der Waals surface area contributed by atoms with Crippen LogP contribution in [0, 0.1) is 5.92 Å². The molecule has 0 aromatic rings. The quantitative estimate of drug-likeness (QED) is 0.422. The first-order valence-electron chi connectivity index (χ1n) is 3.91. The van der Waals surface area contributed by atoms with E-state index < -0.39 is 0 Å². The Morgan fingerprint density at radius 1 is 1.50 bits per heavy atom. The van der Waals surface area contributed by atoms with E-state index in [2.05, 4.69) is 4.74 Å². The fourth-order valence-corrected chi connectivity index (χ4v) is 1.77. The van der Waals surface area contributed by atoms with Crippen molar-refractivity contribution in [2.45, 2.75) is 18.2 Å². The fraction of sp³-hybridized carbons (Fsp3) is 0.625. The lowest BCUT2D eigenvalue weighted by molar-refractivity contribution is -0.146. The number of carbonyl (C=O) groups excluding carboxylic acids is 1. The summed E-state index contributed by atoms with van der Waals surface area (Å²) < 4.78 is 10.0. The lowest BCUT2D eigenvalue weighted by atomic mass is 9.90. The summed E-state index contributed by atoms with van der Waals surface area (Å²) in [5.74, 6) is -0.593. The van der Waals surface area contributed by atoms with Crippen LogP contribution in [0.3, 0.4) is 0 Å². The topological polar surface area (TPSA) is 61.5 Å². The molecule has 4 atom stereocenters. The third kappa shape index (κ3) is 0.884. The third-order valence-electron chi connectivity index (χ3n) is 2.43. The molecule has 2 aliphatic rings. The van der Waals surface area contributed by atoms with Crippen LogP contribution in [0.4, 0.5) is 0 Å². The summed E-state index contributed by atoms with van der Waals surface area (Å²) in [5.41, 5.74) is 5.76. The highest BCUT2D eigenvalue weighted by atomic mass is 16.5. The number of hydrogen-bond donors (Lipinski definition) is 1. The van der Waals surface area contributed by atoms with Gasteiger partial charge in [-0.2, -0.15) is 0 Å². The van der Waals surface area contributed by atoms with Gasteiger partial charge in [-0.05, 0) is 0 Å². The standard InChI is InChI=1S/C8H11NO3/c1-11-8(10)6-4-2-3-5(12-4)7(6)9/h2-7H,9H2,1H3/t4-,5-,6-,7-/m1/s1. The van der Waals surface area contributed by atoms with Crippen molar-refractivity contribution in [2.75, 3.05) is 7.11 Å². The smallest absolute Gasteiger partial charge is 0.313 e. The highest BCUT2D eigenvalue weighted by Crippen LogP contribution is 2.33. The molecule has 4 nitrogen and oxygen atoms in total. The summed E-state index contributed by atoms with van der Waals surface area (Å²) in [6.45, 7) is 0. The van der Waals surface area contributed by atoms with E-state index in [9.17, 15) is 4.79 Å². The summed E-state index contributed by atoms with van der Waals surface area (Å²) in [4.78, 5) is 11.2. The van der Waals surface area contributed by atoms with Gasteiger partial charge in [-0.15, -0.1) is 0 Å². The summed E-state index contributed by atoms with van der Waals surface area (Å²) >= 11 is 0. The zero-order chi connectivity index (χ0) is 8.72. The summed E-state index contributed by atoms with van der Waals surface area (Å²) in [6, 6.07) is -0.243. The molecular formula is C8H11NO3. The van der Waals surface area contributed by atoms with Crippen molar-refractivity contribution in [1.29, 1.82) is 0 Å². The molecule has 0 unspecified atom stereocenters. The molecule has 12 heavy (non-hydrogen) atoms. The number of esters is 1. The van der Waals surface area contributed by atoms with Gasteiger partial charge in [0.05, 0.1) is 25.4 Å².